The third-order valence-electron chi connectivity index (χ3n) is 4.41. The highest BCUT2D eigenvalue weighted by atomic mass is 16.2. The van der Waals surface area contributed by atoms with Crippen molar-refractivity contribution in [1.29, 1.82) is 0 Å². The maximum absolute atomic E-state index is 12.4. The van der Waals surface area contributed by atoms with Crippen molar-refractivity contribution in [2.45, 2.75) is 13.8 Å². The Balaban J connectivity index is 1.81. The van der Waals surface area contributed by atoms with Crippen molar-refractivity contribution in [2.24, 2.45) is 0 Å². The number of amides is 2. The van der Waals surface area contributed by atoms with Crippen LogP contribution in [0, 0.1) is 13.8 Å². The molecule has 0 spiro atoms. The lowest BCUT2D eigenvalue weighted by molar-refractivity contribution is -0.111. The van der Waals surface area contributed by atoms with Gasteiger partial charge in [-0.05, 0) is 44.2 Å². The number of aromatic nitrogens is 2. The molecule has 0 saturated carbocycles. The summed E-state index contributed by atoms with van der Waals surface area (Å²) >= 11 is 0. The zero-order chi connectivity index (χ0) is 20.1. The predicted molar refractivity (Wildman–Crippen MR) is 111 cm³/mol. The maximum atomic E-state index is 12.4. The summed E-state index contributed by atoms with van der Waals surface area (Å²) in [6, 6.07) is 16.7. The zero-order valence-corrected chi connectivity index (χ0v) is 16.1. The van der Waals surface area contributed by atoms with E-state index in [0.717, 1.165) is 22.6 Å². The van der Waals surface area contributed by atoms with Gasteiger partial charge in [0.15, 0.2) is 0 Å². The third-order valence-corrected chi connectivity index (χ3v) is 4.41. The molecular weight excluding hydrogens is 352 g/mol. The molecule has 1 heterocycles. The Labute approximate surface area is 163 Å². The van der Waals surface area contributed by atoms with E-state index in [2.05, 4.69) is 15.7 Å². The van der Waals surface area contributed by atoms with Gasteiger partial charge in [-0.15, -0.1) is 0 Å². The average molecular weight is 374 g/mol. The first kappa shape index (κ1) is 19.1. The van der Waals surface area contributed by atoms with Gasteiger partial charge < -0.3 is 10.6 Å². The number of nitrogens with one attached hydrogen (secondary N) is 2. The molecule has 0 saturated heterocycles. The molecule has 3 aromatic rings. The van der Waals surface area contributed by atoms with Crippen LogP contribution in [0.2, 0.25) is 0 Å². The van der Waals surface area contributed by atoms with Crippen molar-refractivity contribution >= 4 is 23.6 Å². The Morgan fingerprint density at radius 3 is 2.39 bits per heavy atom. The number of carbonyl (C=O) groups excluding carboxylic acids is 2. The van der Waals surface area contributed by atoms with Crippen LogP contribution in [0.25, 0.3) is 11.8 Å². The van der Waals surface area contributed by atoms with Crippen LogP contribution in [0.4, 0.5) is 5.69 Å². The van der Waals surface area contributed by atoms with Gasteiger partial charge in [-0.2, -0.15) is 5.10 Å². The molecule has 0 aliphatic carbocycles. The summed E-state index contributed by atoms with van der Waals surface area (Å²) in [5, 5.41) is 9.90. The molecular formula is C22H22N4O2. The Bertz CT molecular complexity index is 1040. The van der Waals surface area contributed by atoms with Gasteiger partial charge in [-0.25, -0.2) is 4.68 Å². The second-order valence-corrected chi connectivity index (χ2v) is 6.28. The second kappa shape index (κ2) is 8.35. The van der Waals surface area contributed by atoms with E-state index in [-0.39, 0.29) is 11.8 Å². The standard InChI is InChI=1S/C22H22N4O2/c1-15-18(16(2)26(25-15)17-9-5-4-6-10-17)13-14-21(27)24-20-12-8-7-11-19(20)22(28)23-3/h4-14H,1-3H3,(H,23,28)(H,24,27)/b14-13+. The molecule has 2 N–H and O–H groups in total. The Morgan fingerprint density at radius 1 is 1.00 bits per heavy atom. The van der Waals surface area contributed by atoms with Crippen LogP contribution in [-0.2, 0) is 4.79 Å². The number of benzene rings is 2. The summed E-state index contributed by atoms with van der Waals surface area (Å²) in [7, 11) is 1.55. The van der Waals surface area contributed by atoms with Gasteiger partial charge in [-0.3, -0.25) is 9.59 Å². The fourth-order valence-corrected chi connectivity index (χ4v) is 2.97. The number of carbonyl (C=O) groups is 2. The van der Waals surface area contributed by atoms with Crippen LogP contribution in [0.15, 0.2) is 60.7 Å². The summed E-state index contributed by atoms with van der Waals surface area (Å²) in [5.41, 5.74) is 4.50. The molecule has 3 rings (SSSR count). The van der Waals surface area contributed by atoms with Gasteiger partial charge in [0.1, 0.15) is 0 Å². The third kappa shape index (κ3) is 4.01. The summed E-state index contributed by atoms with van der Waals surface area (Å²) in [6.45, 7) is 3.87. The minimum atomic E-state index is -0.317. The first-order valence-corrected chi connectivity index (χ1v) is 8.93. The molecule has 0 unspecified atom stereocenters. The van der Waals surface area contributed by atoms with E-state index in [0.29, 0.717) is 11.3 Å². The maximum Gasteiger partial charge on any atom is 0.253 e. The topological polar surface area (TPSA) is 76.0 Å². The van der Waals surface area contributed by atoms with Crippen molar-refractivity contribution < 1.29 is 9.59 Å². The molecule has 2 aromatic carbocycles. The van der Waals surface area contributed by atoms with E-state index < -0.39 is 0 Å². The molecule has 0 fully saturated rings. The van der Waals surface area contributed by atoms with Gasteiger partial charge >= 0.3 is 0 Å². The fraction of sp³-hybridized carbons (Fsp3) is 0.136. The highest BCUT2D eigenvalue weighted by molar-refractivity contribution is 6.07. The minimum absolute atomic E-state index is 0.254. The lowest BCUT2D eigenvalue weighted by Crippen LogP contribution is -2.20. The van der Waals surface area contributed by atoms with E-state index in [1.54, 1.807) is 37.4 Å². The highest BCUT2D eigenvalue weighted by Gasteiger charge is 2.12. The van der Waals surface area contributed by atoms with Crippen molar-refractivity contribution in [3.8, 4) is 5.69 Å². The molecule has 0 aliphatic rings. The van der Waals surface area contributed by atoms with Crippen LogP contribution in [0.5, 0.6) is 0 Å². The van der Waals surface area contributed by atoms with Crippen LogP contribution in [-0.4, -0.2) is 28.6 Å². The number of hydrogen-bond donors (Lipinski definition) is 2. The molecule has 1 aromatic heterocycles. The first-order valence-electron chi connectivity index (χ1n) is 8.93. The zero-order valence-electron chi connectivity index (χ0n) is 16.1. The lowest BCUT2D eigenvalue weighted by atomic mass is 10.1. The predicted octanol–water partition coefficient (Wildman–Crippen LogP) is 3.50. The molecule has 142 valence electrons. The van der Waals surface area contributed by atoms with Crippen molar-refractivity contribution in [3.63, 3.8) is 0 Å². The van der Waals surface area contributed by atoms with Crippen LogP contribution in [0.3, 0.4) is 0 Å². The Kier molecular flexibility index (Phi) is 5.69. The monoisotopic (exact) mass is 374 g/mol. The van der Waals surface area contributed by atoms with Gasteiger partial charge in [0.2, 0.25) is 5.91 Å². The number of hydrogen-bond acceptors (Lipinski definition) is 3. The van der Waals surface area contributed by atoms with E-state index in [4.69, 9.17) is 0 Å². The van der Waals surface area contributed by atoms with E-state index >= 15 is 0 Å². The van der Waals surface area contributed by atoms with Gasteiger partial charge in [0.25, 0.3) is 5.91 Å². The van der Waals surface area contributed by atoms with Crippen molar-refractivity contribution in [1.82, 2.24) is 15.1 Å². The minimum Gasteiger partial charge on any atom is -0.355 e. The molecule has 0 radical (unpaired) electrons. The van der Waals surface area contributed by atoms with Gasteiger partial charge in [0, 0.05) is 24.4 Å². The van der Waals surface area contributed by atoms with Crippen LogP contribution >= 0.6 is 0 Å². The van der Waals surface area contributed by atoms with E-state index in [9.17, 15) is 9.59 Å². The highest BCUT2D eigenvalue weighted by Crippen LogP contribution is 2.19. The quantitative estimate of drug-likeness (QED) is 0.671. The summed E-state index contributed by atoms with van der Waals surface area (Å²) < 4.78 is 1.85. The van der Waals surface area contributed by atoms with Gasteiger partial charge in [0.05, 0.1) is 22.6 Å². The average Bonchev–Trinajstić information content (AvgIpc) is 3.00. The smallest absolute Gasteiger partial charge is 0.253 e. The molecule has 0 bridgehead atoms. The van der Waals surface area contributed by atoms with E-state index in [1.165, 1.54) is 6.08 Å². The van der Waals surface area contributed by atoms with Gasteiger partial charge in [-0.1, -0.05) is 30.3 Å². The molecule has 0 atom stereocenters. The second-order valence-electron chi connectivity index (χ2n) is 6.28. The largest absolute Gasteiger partial charge is 0.355 e. The molecule has 6 heteroatoms. The molecule has 28 heavy (non-hydrogen) atoms. The molecule has 0 aliphatic heterocycles. The SMILES string of the molecule is CNC(=O)c1ccccc1NC(=O)/C=C/c1c(C)nn(-c2ccccc2)c1C. The number of anilines is 1. The number of para-hydroxylation sites is 2. The lowest BCUT2D eigenvalue weighted by Gasteiger charge is -2.08. The molecule has 6 nitrogen and oxygen atoms in total. The summed E-state index contributed by atoms with van der Waals surface area (Å²) in [4.78, 5) is 24.3. The van der Waals surface area contributed by atoms with E-state index in [1.807, 2.05) is 48.9 Å². The summed E-state index contributed by atoms with van der Waals surface area (Å²) in [6.07, 6.45) is 3.20. The number of nitrogens with zero attached hydrogens (tertiary/aromatic N) is 2. The Hall–Kier alpha value is -3.67. The number of rotatable bonds is 5. The Morgan fingerprint density at radius 2 is 1.68 bits per heavy atom. The van der Waals surface area contributed by atoms with Crippen molar-refractivity contribution in [3.05, 3.63) is 83.2 Å². The van der Waals surface area contributed by atoms with Crippen LogP contribution in [0.1, 0.15) is 27.3 Å². The summed E-state index contributed by atoms with van der Waals surface area (Å²) in [5.74, 6) is -0.571. The number of aryl methyl sites for hydroxylation is 1. The normalized spacial score (nSPS) is 10.8. The molecule has 2 amide bonds. The van der Waals surface area contributed by atoms with Crippen LogP contribution < -0.4 is 10.6 Å². The fourth-order valence-electron chi connectivity index (χ4n) is 2.97. The van der Waals surface area contributed by atoms with Crippen molar-refractivity contribution in [2.75, 3.05) is 12.4 Å². The first-order chi connectivity index (χ1) is 13.5.